The number of para-hydroxylation sites is 2. The molecule has 0 bridgehead atoms. The van der Waals surface area contributed by atoms with Gasteiger partial charge in [-0.15, -0.1) is 0 Å². The second-order valence-electron chi connectivity index (χ2n) is 5.94. The van der Waals surface area contributed by atoms with Crippen LogP contribution < -0.4 is 5.32 Å². The monoisotopic (exact) mass is 392 g/mol. The molecule has 1 aromatic carbocycles. The van der Waals surface area contributed by atoms with E-state index in [9.17, 15) is 22.4 Å². The predicted molar refractivity (Wildman–Crippen MR) is 91.6 cm³/mol. The Kier molecular flexibility index (Phi) is 4.21. The van der Waals surface area contributed by atoms with E-state index >= 15 is 0 Å². The number of anilines is 1. The van der Waals surface area contributed by atoms with Crippen molar-refractivity contribution >= 4 is 28.5 Å². The van der Waals surface area contributed by atoms with Gasteiger partial charge in [0.15, 0.2) is 11.3 Å². The highest BCUT2D eigenvalue weighted by atomic mass is 19.3. The predicted octanol–water partition coefficient (Wildman–Crippen LogP) is 3.74. The van der Waals surface area contributed by atoms with Gasteiger partial charge in [0.25, 0.3) is 18.8 Å². The second-order valence-corrected chi connectivity index (χ2v) is 5.94. The van der Waals surface area contributed by atoms with Gasteiger partial charge in [0, 0.05) is 13.1 Å². The largest absolute Gasteiger partial charge is 0.313 e. The summed E-state index contributed by atoms with van der Waals surface area (Å²) >= 11 is 0. The van der Waals surface area contributed by atoms with Crippen molar-refractivity contribution in [2.24, 2.45) is 7.05 Å². The van der Waals surface area contributed by atoms with Gasteiger partial charge in [-0.1, -0.05) is 12.1 Å². The van der Waals surface area contributed by atoms with E-state index in [2.05, 4.69) is 20.4 Å². The lowest BCUT2D eigenvalue weighted by atomic mass is 10.3. The Bertz CT molecular complexity index is 1200. The molecule has 28 heavy (non-hydrogen) atoms. The molecule has 0 aliphatic carbocycles. The van der Waals surface area contributed by atoms with E-state index in [4.69, 9.17) is 0 Å². The van der Waals surface area contributed by atoms with E-state index in [0.29, 0.717) is 16.1 Å². The Morgan fingerprint density at radius 3 is 2.50 bits per heavy atom. The molecule has 3 aromatic heterocycles. The van der Waals surface area contributed by atoms with Gasteiger partial charge in [-0.05, 0) is 18.2 Å². The molecule has 0 aliphatic heterocycles. The van der Waals surface area contributed by atoms with Crippen LogP contribution in [0.3, 0.4) is 0 Å². The van der Waals surface area contributed by atoms with Crippen molar-refractivity contribution in [2.75, 3.05) is 5.32 Å². The van der Waals surface area contributed by atoms with Gasteiger partial charge in [-0.2, -0.15) is 5.10 Å². The van der Waals surface area contributed by atoms with Crippen LogP contribution in [0.1, 0.15) is 34.7 Å². The van der Waals surface area contributed by atoms with E-state index in [0.717, 1.165) is 11.6 Å². The lowest BCUT2D eigenvalue weighted by Crippen LogP contribution is -2.16. The molecule has 3 heterocycles. The smallest absolute Gasteiger partial charge is 0.280 e. The van der Waals surface area contributed by atoms with Gasteiger partial charge in [0.05, 0.1) is 11.0 Å². The summed E-state index contributed by atoms with van der Waals surface area (Å²) in [7, 11) is 1.69. The third kappa shape index (κ3) is 2.94. The summed E-state index contributed by atoms with van der Waals surface area (Å²) in [5.74, 6) is -0.513. The first-order valence-electron chi connectivity index (χ1n) is 8.05. The van der Waals surface area contributed by atoms with Gasteiger partial charge in [-0.3, -0.25) is 10.1 Å². The Morgan fingerprint density at radius 2 is 1.82 bits per heavy atom. The molecule has 4 aromatic rings. The van der Waals surface area contributed by atoms with Gasteiger partial charge in [0.1, 0.15) is 11.4 Å². The van der Waals surface area contributed by atoms with Gasteiger partial charge < -0.3 is 4.57 Å². The molecule has 4 rings (SSSR count). The number of fused-ring (bicyclic) bond motifs is 2. The van der Waals surface area contributed by atoms with Crippen LogP contribution in [0, 0.1) is 0 Å². The van der Waals surface area contributed by atoms with E-state index in [1.165, 1.54) is 0 Å². The summed E-state index contributed by atoms with van der Waals surface area (Å²) in [6.07, 6.45) is -6.10. The maximum absolute atomic E-state index is 13.2. The van der Waals surface area contributed by atoms with Gasteiger partial charge >= 0.3 is 0 Å². The Balaban J connectivity index is 1.73. The van der Waals surface area contributed by atoms with Crippen LogP contribution in [0.2, 0.25) is 0 Å². The Morgan fingerprint density at radius 1 is 1.07 bits per heavy atom. The number of amides is 1. The molecule has 0 aliphatic rings. The number of benzene rings is 1. The number of hydrogen-bond donors (Lipinski definition) is 1. The third-order valence-corrected chi connectivity index (χ3v) is 4.17. The number of carbonyl (C=O) groups excluding carboxylic acids is 1. The fourth-order valence-electron chi connectivity index (χ4n) is 2.82. The van der Waals surface area contributed by atoms with Crippen molar-refractivity contribution in [3.63, 3.8) is 0 Å². The van der Waals surface area contributed by atoms with E-state index in [1.807, 2.05) is 12.1 Å². The minimum absolute atomic E-state index is 0.221. The number of nitrogens with one attached hydrogen (secondary N) is 1. The number of aromatic nitrogens is 5. The number of hydrogen-bond acceptors (Lipinski definition) is 4. The highest BCUT2D eigenvalue weighted by molar-refractivity contribution is 6.03. The molecule has 0 saturated heterocycles. The van der Waals surface area contributed by atoms with Crippen molar-refractivity contribution in [1.82, 2.24) is 24.1 Å². The highest BCUT2D eigenvalue weighted by Crippen LogP contribution is 2.25. The average molecular weight is 392 g/mol. The first-order chi connectivity index (χ1) is 13.3. The number of rotatable bonds is 4. The van der Waals surface area contributed by atoms with E-state index in [-0.39, 0.29) is 17.3 Å². The second kappa shape index (κ2) is 6.59. The van der Waals surface area contributed by atoms with Crippen LogP contribution in [0.4, 0.5) is 23.5 Å². The molecule has 1 N–H and O–H groups in total. The van der Waals surface area contributed by atoms with Crippen LogP contribution in [0.5, 0.6) is 0 Å². The molecule has 0 spiro atoms. The van der Waals surface area contributed by atoms with Crippen molar-refractivity contribution in [2.45, 2.75) is 12.9 Å². The number of alkyl halides is 4. The molecule has 144 valence electrons. The maximum atomic E-state index is 13.2. The first-order valence-corrected chi connectivity index (χ1v) is 8.05. The van der Waals surface area contributed by atoms with Crippen molar-refractivity contribution in [3.05, 3.63) is 53.5 Å². The van der Waals surface area contributed by atoms with Crippen molar-refractivity contribution < 1.29 is 22.4 Å². The first kappa shape index (κ1) is 17.9. The minimum atomic E-state index is -3.07. The number of halogens is 4. The third-order valence-electron chi connectivity index (χ3n) is 4.17. The molecule has 1 amide bonds. The normalized spacial score (nSPS) is 11.8. The molecular formula is C17H12F4N6O. The van der Waals surface area contributed by atoms with Crippen molar-refractivity contribution in [3.8, 4) is 0 Å². The molecule has 0 fully saturated rings. The highest BCUT2D eigenvalue weighted by Gasteiger charge is 2.22. The number of carbonyl (C=O) groups is 1. The quantitative estimate of drug-likeness (QED) is 0.537. The lowest BCUT2D eigenvalue weighted by Gasteiger charge is -2.06. The lowest BCUT2D eigenvalue weighted by molar-refractivity contribution is 0.101. The van der Waals surface area contributed by atoms with Gasteiger partial charge in [-0.25, -0.2) is 32.0 Å². The van der Waals surface area contributed by atoms with Crippen molar-refractivity contribution in [1.29, 1.82) is 0 Å². The van der Waals surface area contributed by atoms with E-state index in [1.54, 1.807) is 23.7 Å². The SMILES string of the molecule is Cn1c(NC(=O)c2cc3nc(C(F)F)cc(C(F)F)n3n2)nc2ccccc21. The average Bonchev–Trinajstić information content (AvgIpc) is 3.22. The van der Waals surface area contributed by atoms with Crippen LogP contribution >= 0.6 is 0 Å². The molecule has 0 unspecified atom stereocenters. The van der Waals surface area contributed by atoms with Crippen LogP contribution in [0.15, 0.2) is 36.4 Å². The fraction of sp³-hybridized carbons (Fsp3) is 0.176. The summed E-state index contributed by atoms with van der Waals surface area (Å²) in [6, 6.07) is 8.82. The van der Waals surface area contributed by atoms with Crippen LogP contribution in [-0.2, 0) is 7.05 Å². The summed E-state index contributed by atoms with van der Waals surface area (Å²) < 4.78 is 54.6. The summed E-state index contributed by atoms with van der Waals surface area (Å²) in [4.78, 5) is 20.4. The Hall–Kier alpha value is -3.50. The molecule has 0 saturated carbocycles. The molecule has 7 nitrogen and oxygen atoms in total. The topological polar surface area (TPSA) is 77.1 Å². The number of imidazole rings is 1. The molecule has 11 heteroatoms. The zero-order valence-electron chi connectivity index (χ0n) is 14.3. The van der Waals surface area contributed by atoms with Crippen LogP contribution in [-0.4, -0.2) is 30.1 Å². The standard InChI is InChI=1S/C17H12F4N6O/c1-26-11-5-3-2-4-8(11)23-17(26)24-16(28)10-7-13-22-9(14(18)19)6-12(15(20)21)27(13)25-10/h2-7,14-15H,1H3,(H,23,24,28). The minimum Gasteiger partial charge on any atom is -0.313 e. The molecule has 0 atom stereocenters. The maximum Gasteiger partial charge on any atom is 0.280 e. The molecule has 0 radical (unpaired) electrons. The number of aryl methyl sites for hydroxylation is 1. The zero-order valence-corrected chi connectivity index (χ0v) is 14.3. The number of nitrogens with zero attached hydrogens (tertiary/aromatic N) is 5. The molecular weight excluding hydrogens is 380 g/mol. The fourth-order valence-corrected chi connectivity index (χ4v) is 2.82. The summed E-state index contributed by atoms with van der Waals surface area (Å²) in [5.41, 5.74) is -0.697. The summed E-state index contributed by atoms with van der Waals surface area (Å²) in [5, 5.41) is 6.33. The van der Waals surface area contributed by atoms with Crippen LogP contribution in [0.25, 0.3) is 16.7 Å². The van der Waals surface area contributed by atoms with E-state index < -0.39 is 30.1 Å². The van der Waals surface area contributed by atoms with Gasteiger partial charge in [0.2, 0.25) is 5.95 Å². The Labute approximate surface area is 154 Å². The summed E-state index contributed by atoms with van der Waals surface area (Å²) in [6.45, 7) is 0. The zero-order chi connectivity index (χ0) is 20.0.